The van der Waals surface area contributed by atoms with Gasteiger partial charge in [-0.05, 0) is 17.7 Å². The van der Waals surface area contributed by atoms with E-state index in [9.17, 15) is 18.0 Å². The van der Waals surface area contributed by atoms with Gasteiger partial charge in [-0.1, -0.05) is 0 Å². The molecule has 0 saturated carbocycles. The highest BCUT2D eigenvalue weighted by Gasteiger charge is 2.31. The maximum atomic E-state index is 12.3. The molecule has 17 heavy (non-hydrogen) atoms. The molecule has 0 unspecified atom stereocenters. The van der Waals surface area contributed by atoms with Gasteiger partial charge in [-0.3, -0.25) is 0 Å². The predicted molar refractivity (Wildman–Crippen MR) is 56.4 cm³/mol. The Labute approximate surface area is 95.3 Å². The molecule has 1 aromatic rings. The largest absolute Gasteiger partial charge is 0.465 e. The van der Waals surface area contributed by atoms with Crippen molar-refractivity contribution in [3.05, 3.63) is 23.3 Å². The fraction of sp³-hybridized carbons (Fsp3) is 0.300. The number of carbonyl (C=O) groups is 1. The predicted octanol–water partition coefficient (Wildman–Crippen LogP) is 1.74. The lowest BCUT2D eigenvalue weighted by Crippen LogP contribution is -2.17. The van der Waals surface area contributed by atoms with E-state index in [1.54, 1.807) is 0 Å². The van der Waals surface area contributed by atoms with E-state index in [4.69, 9.17) is 11.5 Å². The van der Waals surface area contributed by atoms with Crippen molar-refractivity contribution in [3.8, 4) is 0 Å². The zero-order valence-electron chi connectivity index (χ0n) is 8.97. The first kappa shape index (κ1) is 13.1. The second-order valence-corrected chi connectivity index (χ2v) is 3.43. The molecule has 0 saturated heterocycles. The lowest BCUT2D eigenvalue weighted by molar-refractivity contribution is -0.127. The SMILES string of the molecule is COC(=O)c1c(N)cc(N)cc1CC(F)(F)F. The molecule has 0 spiro atoms. The summed E-state index contributed by atoms with van der Waals surface area (Å²) in [5.41, 5.74) is 10.2. The van der Waals surface area contributed by atoms with E-state index >= 15 is 0 Å². The highest BCUT2D eigenvalue weighted by atomic mass is 19.4. The van der Waals surface area contributed by atoms with Gasteiger partial charge in [0.1, 0.15) is 0 Å². The maximum absolute atomic E-state index is 12.3. The quantitative estimate of drug-likeness (QED) is 0.617. The number of anilines is 2. The fourth-order valence-corrected chi connectivity index (χ4v) is 1.46. The zero-order valence-corrected chi connectivity index (χ0v) is 8.97. The zero-order chi connectivity index (χ0) is 13.2. The van der Waals surface area contributed by atoms with Gasteiger partial charge in [0, 0.05) is 11.4 Å². The molecule has 0 aliphatic rings. The highest BCUT2D eigenvalue weighted by molar-refractivity contribution is 5.97. The number of nitrogens with two attached hydrogens (primary N) is 2. The molecule has 0 fully saturated rings. The summed E-state index contributed by atoms with van der Waals surface area (Å²) in [6.45, 7) is 0. The molecule has 0 aliphatic heterocycles. The molecule has 0 aromatic heterocycles. The molecule has 0 atom stereocenters. The molecule has 94 valence electrons. The standard InChI is InChI=1S/C10H11F3N2O2/c1-17-9(16)8-5(4-10(11,12)13)2-6(14)3-7(8)15/h2-3H,4,14-15H2,1H3. The van der Waals surface area contributed by atoms with E-state index in [0.29, 0.717) is 0 Å². The van der Waals surface area contributed by atoms with Gasteiger partial charge in [0.15, 0.2) is 0 Å². The molecule has 0 heterocycles. The third-order valence-electron chi connectivity index (χ3n) is 2.05. The average Bonchev–Trinajstić information content (AvgIpc) is 2.13. The topological polar surface area (TPSA) is 78.3 Å². The van der Waals surface area contributed by atoms with Gasteiger partial charge in [0.25, 0.3) is 0 Å². The number of benzene rings is 1. The summed E-state index contributed by atoms with van der Waals surface area (Å²) in [6, 6.07) is 2.28. The molecular weight excluding hydrogens is 237 g/mol. The Balaban J connectivity index is 3.30. The van der Waals surface area contributed by atoms with Crippen molar-refractivity contribution >= 4 is 17.3 Å². The van der Waals surface area contributed by atoms with Gasteiger partial charge in [0.2, 0.25) is 0 Å². The van der Waals surface area contributed by atoms with E-state index in [-0.39, 0.29) is 22.5 Å². The Morgan fingerprint density at radius 1 is 1.35 bits per heavy atom. The van der Waals surface area contributed by atoms with Crippen LogP contribution in [-0.2, 0) is 11.2 Å². The molecule has 7 heteroatoms. The van der Waals surface area contributed by atoms with Crippen molar-refractivity contribution in [3.63, 3.8) is 0 Å². The van der Waals surface area contributed by atoms with Crippen LogP contribution in [0.15, 0.2) is 12.1 Å². The van der Waals surface area contributed by atoms with Crippen molar-refractivity contribution in [2.24, 2.45) is 0 Å². The van der Waals surface area contributed by atoms with Crippen LogP contribution in [0.1, 0.15) is 15.9 Å². The summed E-state index contributed by atoms with van der Waals surface area (Å²) >= 11 is 0. The average molecular weight is 248 g/mol. The number of rotatable bonds is 2. The minimum absolute atomic E-state index is 0.0643. The van der Waals surface area contributed by atoms with Crippen LogP contribution in [0.3, 0.4) is 0 Å². The van der Waals surface area contributed by atoms with Crippen molar-refractivity contribution in [2.75, 3.05) is 18.6 Å². The lowest BCUT2D eigenvalue weighted by Gasteiger charge is -2.13. The van der Waals surface area contributed by atoms with Crippen molar-refractivity contribution in [1.29, 1.82) is 0 Å². The molecular formula is C10H11F3N2O2. The molecule has 4 N–H and O–H groups in total. The van der Waals surface area contributed by atoms with Gasteiger partial charge in [-0.25, -0.2) is 4.79 Å². The van der Waals surface area contributed by atoms with Crippen LogP contribution in [0.4, 0.5) is 24.5 Å². The first-order chi connectivity index (χ1) is 7.74. The smallest absolute Gasteiger partial charge is 0.393 e. The monoisotopic (exact) mass is 248 g/mol. The second kappa shape index (κ2) is 4.52. The summed E-state index contributed by atoms with van der Waals surface area (Å²) in [5, 5.41) is 0. The third kappa shape index (κ3) is 3.27. The number of ether oxygens (including phenoxy) is 1. The number of alkyl halides is 3. The lowest BCUT2D eigenvalue weighted by atomic mass is 10.0. The van der Waals surface area contributed by atoms with Gasteiger partial charge < -0.3 is 16.2 Å². The molecule has 1 rings (SSSR count). The summed E-state index contributed by atoms with van der Waals surface area (Å²) in [6.07, 6.45) is -5.74. The van der Waals surface area contributed by atoms with Gasteiger partial charge in [-0.2, -0.15) is 13.2 Å². The molecule has 0 aliphatic carbocycles. The number of methoxy groups -OCH3 is 1. The van der Waals surface area contributed by atoms with E-state index in [2.05, 4.69) is 4.74 Å². The molecule has 0 amide bonds. The van der Waals surface area contributed by atoms with Crippen LogP contribution in [0.25, 0.3) is 0 Å². The van der Waals surface area contributed by atoms with Crippen LogP contribution in [0.5, 0.6) is 0 Å². The first-order valence-corrected chi connectivity index (χ1v) is 4.57. The number of nitrogen functional groups attached to an aromatic ring is 2. The number of carbonyl (C=O) groups excluding carboxylic acids is 1. The van der Waals surface area contributed by atoms with Crippen LogP contribution in [0, 0.1) is 0 Å². The Bertz CT molecular complexity index is 444. The number of esters is 1. The van der Waals surface area contributed by atoms with Crippen LogP contribution < -0.4 is 11.5 Å². The summed E-state index contributed by atoms with van der Waals surface area (Å²) in [4.78, 5) is 11.3. The summed E-state index contributed by atoms with van der Waals surface area (Å²) in [5.74, 6) is -0.915. The third-order valence-corrected chi connectivity index (χ3v) is 2.05. The Kier molecular flexibility index (Phi) is 3.50. The summed E-state index contributed by atoms with van der Waals surface area (Å²) in [7, 11) is 1.06. The second-order valence-electron chi connectivity index (χ2n) is 3.43. The van der Waals surface area contributed by atoms with E-state index in [0.717, 1.165) is 13.2 Å². The molecule has 1 aromatic carbocycles. The van der Waals surface area contributed by atoms with Crippen LogP contribution in [-0.4, -0.2) is 19.3 Å². The van der Waals surface area contributed by atoms with Gasteiger partial charge in [0.05, 0.1) is 19.1 Å². The van der Waals surface area contributed by atoms with Crippen molar-refractivity contribution in [1.82, 2.24) is 0 Å². The molecule has 4 nitrogen and oxygen atoms in total. The van der Waals surface area contributed by atoms with Crippen LogP contribution >= 0.6 is 0 Å². The van der Waals surface area contributed by atoms with Crippen LogP contribution in [0.2, 0.25) is 0 Å². The Morgan fingerprint density at radius 2 is 1.94 bits per heavy atom. The van der Waals surface area contributed by atoms with E-state index < -0.39 is 18.6 Å². The minimum Gasteiger partial charge on any atom is -0.465 e. The Morgan fingerprint density at radius 3 is 2.41 bits per heavy atom. The summed E-state index contributed by atoms with van der Waals surface area (Å²) < 4.78 is 41.3. The fourth-order valence-electron chi connectivity index (χ4n) is 1.46. The number of halogens is 3. The maximum Gasteiger partial charge on any atom is 0.393 e. The van der Waals surface area contributed by atoms with Gasteiger partial charge in [-0.15, -0.1) is 0 Å². The van der Waals surface area contributed by atoms with Crippen molar-refractivity contribution < 1.29 is 22.7 Å². The normalized spacial score (nSPS) is 11.3. The highest BCUT2D eigenvalue weighted by Crippen LogP contribution is 2.28. The van der Waals surface area contributed by atoms with Gasteiger partial charge >= 0.3 is 12.1 Å². The number of hydrogen-bond donors (Lipinski definition) is 2. The van der Waals surface area contributed by atoms with E-state index in [1.807, 2.05) is 0 Å². The van der Waals surface area contributed by atoms with Crippen molar-refractivity contribution in [2.45, 2.75) is 12.6 Å². The first-order valence-electron chi connectivity index (χ1n) is 4.57. The minimum atomic E-state index is -4.46. The number of hydrogen-bond acceptors (Lipinski definition) is 4. The Hall–Kier alpha value is -1.92. The molecule has 0 bridgehead atoms. The molecule has 0 radical (unpaired) electrons. The van der Waals surface area contributed by atoms with E-state index in [1.165, 1.54) is 6.07 Å².